The topological polar surface area (TPSA) is 93.6 Å². The van der Waals surface area contributed by atoms with E-state index in [4.69, 9.17) is 10.3 Å². The van der Waals surface area contributed by atoms with E-state index in [0.29, 0.717) is 23.7 Å². The lowest BCUT2D eigenvalue weighted by molar-refractivity contribution is 0.288. The molecule has 4 rings (SSSR count). The third-order valence-corrected chi connectivity index (χ3v) is 4.50. The lowest BCUT2D eigenvalue weighted by atomic mass is 9.84. The quantitative estimate of drug-likeness (QED) is 0.775. The van der Waals surface area contributed by atoms with Crippen LogP contribution >= 0.6 is 0 Å². The molecule has 0 atom stereocenters. The van der Waals surface area contributed by atoms with E-state index in [1.807, 2.05) is 24.3 Å². The number of hydrogen-bond donors (Lipinski definition) is 2. The molecule has 0 spiro atoms. The predicted molar refractivity (Wildman–Crippen MR) is 83.0 cm³/mol. The number of aromatic amines is 1. The van der Waals surface area contributed by atoms with E-state index in [1.54, 1.807) is 0 Å². The van der Waals surface area contributed by atoms with Gasteiger partial charge in [-0.1, -0.05) is 23.4 Å². The Morgan fingerprint density at radius 3 is 2.86 bits per heavy atom. The molecule has 6 heteroatoms. The molecule has 3 N–H and O–H groups in total. The van der Waals surface area contributed by atoms with Crippen molar-refractivity contribution in [2.24, 2.45) is 11.7 Å². The molecular weight excluding hydrogens is 278 g/mol. The van der Waals surface area contributed by atoms with Crippen molar-refractivity contribution in [2.45, 2.75) is 38.1 Å². The molecule has 2 heterocycles. The number of fused-ring (bicyclic) bond motifs is 1. The molecule has 6 nitrogen and oxygen atoms in total. The molecule has 1 aliphatic rings. The van der Waals surface area contributed by atoms with Crippen LogP contribution in [-0.2, 0) is 6.42 Å². The summed E-state index contributed by atoms with van der Waals surface area (Å²) >= 11 is 0. The van der Waals surface area contributed by atoms with Crippen LogP contribution in [0.4, 0.5) is 0 Å². The third kappa shape index (κ3) is 2.50. The van der Waals surface area contributed by atoms with Crippen molar-refractivity contribution in [3.63, 3.8) is 0 Å². The molecule has 1 aliphatic carbocycles. The largest absolute Gasteiger partial charge is 0.339 e. The molecule has 22 heavy (non-hydrogen) atoms. The molecule has 0 amide bonds. The molecule has 2 aromatic heterocycles. The van der Waals surface area contributed by atoms with Gasteiger partial charge in [0, 0.05) is 17.8 Å². The average molecular weight is 297 g/mol. The number of hydrogen-bond acceptors (Lipinski definition) is 5. The summed E-state index contributed by atoms with van der Waals surface area (Å²) in [6, 6.07) is 8.31. The highest BCUT2D eigenvalue weighted by molar-refractivity contribution is 5.90. The van der Waals surface area contributed by atoms with Crippen molar-refractivity contribution in [1.82, 2.24) is 20.3 Å². The number of nitrogens with one attached hydrogen (secondary N) is 1. The van der Waals surface area contributed by atoms with Crippen LogP contribution in [0.3, 0.4) is 0 Å². The molecule has 114 valence electrons. The number of nitrogens with zero attached hydrogens (tertiary/aromatic N) is 3. The predicted octanol–water partition coefficient (Wildman–Crippen LogP) is 2.67. The number of H-pyrrole nitrogens is 1. The maximum atomic E-state index is 5.95. The number of rotatable bonds is 3. The molecule has 1 saturated carbocycles. The second-order valence-corrected chi connectivity index (χ2v) is 6.11. The molecule has 3 aromatic rings. The van der Waals surface area contributed by atoms with Crippen molar-refractivity contribution in [3.05, 3.63) is 30.2 Å². The van der Waals surface area contributed by atoms with Crippen molar-refractivity contribution in [1.29, 1.82) is 0 Å². The van der Waals surface area contributed by atoms with E-state index in [9.17, 15) is 0 Å². The molecule has 1 fully saturated rings. The van der Waals surface area contributed by atoms with Crippen LogP contribution in [0.15, 0.2) is 28.8 Å². The lowest BCUT2D eigenvalue weighted by Gasteiger charge is -2.24. The Morgan fingerprint density at radius 2 is 2.00 bits per heavy atom. The van der Waals surface area contributed by atoms with Gasteiger partial charge >= 0.3 is 0 Å². The smallest absolute Gasteiger partial charge is 0.227 e. The summed E-state index contributed by atoms with van der Waals surface area (Å²) < 4.78 is 5.42. The summed E-state index contributed by atoms with van der Waals surface area (Å²) in [6.45, 7) is 0. The summed E-state index contributed by atoms with van der Waals surface area (Å²) in [4.78, 5) is 4.52. The number of benzene rings is 1. The average Bonchev–Trinajstić information content (AvgIpc) is 3.16. The molecule has 0 unspecified atom stereocenters. The van der Waals surface area contributed by atoms with Gasteiger partial charge in [0.25, 0.3) is 0 Å². The number of aromatic nitrogens is 4. The van der Waals surface area contributed by atoms with Crippen molar-refractivity contribution >= 4 is 10.9 Å². The van der Waals surface area contributed by atoms with Gasteiger partial charge in [-0.3, -0.25) is 5.10 Å². The fourth-order valence-corrected chi connectivity index (χ4v) is 3.21. The SMILES string of the molecule is NC1CCC(Cc2nc(-c3n[nH]c4ccccc34)no2)CC1. The van der Waals surface area contributed by atoms with Gasteiger partial charge in [0.2, 0.25) is 11.7 Å². The van der Waals surface area contributed by atoms with Crippen LogP contribution in [0.1, 0.15) is 31.6 Å². The van der Waals surface area contributed by atoms with E-state index < -0.39 is 0 Å². The number of nitrogens with two attached hydrogens (primary N) is 1. The zero-order valence-corrected chi connectivity index (χ0v) is 12.3. The Morgan fingerprint density at radius 1 is 1.18 bits per heavy atom. The van der Waals surface area contributed by atoms with Crippen LogP contribution < -0.4 is 5.73 Å². The second-order valence-electron chi connectivity index (χ2n) is 6.11. The van der Waals surface area contributed by atoms with E-state index >= 15 is 0 Å². The van der Waals surface area contributed by atoms with Crippen molar-refractivity contribution in [2.75, 3.05) is 0 Å². The van der Waals surface area contributed by atoms with Gasteiger partial charge in [-0.25, -0.2) is 0 Å². The van der Waals surface area contributed by atoms with E-state index in [1.165, 1.54) is 0 Å². The van der Waals surface area contributed by atoms with Crippen molar-refractivity contribution < 1.29 is 4.52 Å². The van der Waals surface area contributed by atoms with Crippen LogP contribution in [0.25, 0.3) is 22.4 Å². The molecular formula is C16H19N5O. The third-order valence-electron chi connectivity index (χ3n) is 4.50. The Labute approximate surface area is 128 Å². The molecule has 1 aromatic carbocycles. The van der Waals surface area contributed by atoms with Crippen LogP contribution in [0.5, 0.6) is 0 Å². The van der Waals surface area contributed by atoms with Gasteiger partial charge in [0.1, 0.15) is 5.69 Å². The zero-order chi connectivity index (χ0) is 14.9. The van der Waals surface area contributed by atoms with Crippen molar-refractivity contribution in [3.8, 4) is 11.5 Å². The minimum atomic E-state index is 0.366. The van der Waals surface area contributed by atoms with E-state index in [2.05, 4.69) is 20.3 Å². The molecule has 0 radical (unpaired) electrons. The van der Waals surface area contributed by atoms with Crippen LogP contribution in [0.2, 0.25) is 0 Å². The highest BCUT2D eigenvalue weighted by atomic mass is 16.5. The first kappa shape index (κ1) is 13.5. The minimum absolute atomic E-state index is 0.366. The monoisotopic (exact) mass is 297 g/mol. The standard InChI is InChI=1S/C16H19N5O/c17-11-7-5-10(6-8-11)9-14-18-16(21-22-14)15-12-3-1-2-4-13(12)19-20-15/h1-4,10-11H,5-9,17H2,(H,19,20). The Hall–Kier alpha value is -2.21. The fraction of sp³-hybridized carbons (Fsp3) is 0.438. The van der Waals surface area contributed by atoms with Gasteiger partial charge in [0.15, 0.2) is 0 Å². The summed E-state index contributed by atoms with van der Waals surface area (Å²) in [5.74, 6) is 1.85. The van der Waals surface area contributed by atoms with Gasteiger partial charge in [-0.2, -0.15) is 10.1 Å². The first-order chi connectivity index (χ1) is 10.8. The molecule has 0 aliphatic heterocycles. The molecule has 0 bridgehead atoms. The summed E-state index contributed by atoms with van der Waals surface area (Å²) in [5, 5.41) is 12.4. The lowest BCUT2D eigenvalue weighted by Crippen LogP contribution is -2.27. The van der Waals surface area contributed by atoms with E-state index in [0.717, 1.165) is 48.7 Å². The Balaban J connectivity index is 1.54. The number of para-hydroxylation sites is 1. The zero-order valence-electron chi connectivity index (χ0n) is 12.3. The maximum Gasteiger partial charge on any atom is 0.227 e. The minimum Gasteiger partial charge on any atom is -0.339 e. The second kappa shape index (κ2) is 5.53. The van der Waals surface area contributed by atoms with Gasteiger partial charge in [-0.15, -0.1) is 0 Å². The van der Waals surface area contributed by atoms with E-state index in [-0.39, 0.29) is 0 Å². The maximum absolute atomic E-state index is 5.95. The first-order valence-electron chi connectivity index (χ1n) is 7.81. The first-order valence-corrected chi connectivity index (χ1v) is 7.81. The molecule has 0 saturated heterocycles. The summed E-state index contributed by atoms with van der Waals surface area (Å²) in [5.41, 5.74) is 7.67. The fourth-order valence-electron chi connectivity index (χ4n) is 3.21. The van der Waals surface area contributed by atoms with Crippen LogP contribution in [0, 0.1) is 5.92 Å². The van der Waals surface area contributed by atoms with Gasteiger partial charge in [0.05, 0.1) is 5.52 Å². The summed E-state index contributed by atoms with van der Waals surface area (Å²) in [7, 11) is 0. The van der Waals surface area contributed by atoms with Crippen LogP contribution in [-0.4, -0.2) is 26.4 Å². The highest BCUT2D eigenvalue weighted by Crippen LogP contribution is 2.28. The normalized spacial score (nSPS) is 22.2. The van der Waals surface area contributed by atoms with Gasteiger partial charge in [-0.05, 0) is 37.7 Å². The summed E-state index contributed by atoms with van der Waals surface area (Å²) in [6.07, 6.45) is 5.31. The van der Waals surface area contributed by atoms with Gasteiger partial charge < -0.3 is 10.3 Å². The Bertz CT molecular complexity index is 770. The highest BCUT2D eigenvalue weighted by Gasteiger charge is 2.22. The Kier molecular flexibility index (Phi) is 3.38.